The number of halogens is 5. The zero-order valence-electron chi connectivity index (χ0n) is 6.85. The minimum absolute atomic E-state index is 0.477. The van der Waals surface area contributed by atoms with Gasteiger partial charge >= 0.3 is 12.0 Å². The van der Waals surface area contributed by atoms with Gasteiger partial charge in [-0.2, -0.15) is 22.7 Å². The number of aryl methyl sites for hydroxylation is 1. The van der Waals surface area contributed by atoms with Gasteiger partial charge in [0.05, 0.1) is 0 Å². The van der Waals surface area contributed by atoms with E-state index < -0.39 is 23.6 Å². The predicted octanol–water partition coefficient (Wildman–Crippen LogP) is 2.31. The molecule has 80 valence electrons. The average molecular weight is 233 g/mol. The lowest BCUT2D eigenvalue weighted by Crippen LogP contribution is -2.06. The Morgan fingerprint density at radius 1 is 1.57 bits per heavy atom. The smallest absolute Gasteiger partial charge is 0.388 e. The molecule has 0 aliphatic rings. The molecule has 14 heavy (non-hydrogen) atoms. The Morgan fingerprint density at radius 2 is 2.14 bits per heavy atom. The van der Waals surface area contributed by atoms with Gasteiger partial charge in [-0.25, -0.2) is 4.68 Å². The van der Waals surface area contributed by atoms with Crippen molar-refractivity contribution in [2.75, 3.05) is 0 Å². The molecule has 8 heteroatoms. The highest BCUT2D eigenvalue weighted by atomic mass is 35.5. The topological polar surface area (TPSA) is 27.1 Å². The predicted molar refractivity (Wildman–Crippen MR) is 39.6 cm³/mol. The van der Waals surface area contributed by atoms with Crippen LogP contribution in [0.1, 0.15) is 5.69 Å². The maximum Gasteiger partial charge on any atom is 0.388 e. The Hall–Kier alpha value is -0.980. The molecule has 0 amide bonds. The standard InChI is InChI=1S/C6H5ClF4N2O/c1-13-4(14-5(8)9)2-3(12-13)6(7,10)11/h2,5H,1H3. The van der Waals surface area contributed by atoms with Gasteiger partial charge in [0.25, 0.3) is 0 Å². The van der Waals surface area contributed by atoms with Crippen LogP contribution < -0.4 is 4.74 Å². The number of nitrogens with zero attached hydrogens (tertiary/aromatic N) is 2. The second-order valence-corrected chi connectivity index (χ2v) is 2.84. The third-order valence-electron chi connectivity index (χ3n) is 1.34. The van der Waals surface area contributed by atoms with Crippen LogP contribution in [0.25, 0.3) is 0 Å². The number of ether oxygens (including phenoxy) is 1. The van der Waals surface area contributed by atoms with Crippen LogP contribution in [-0.2, 0) is 12.4 Å². The van der Waals surface area contributed by atoms with E-state index in [9.17, 15) is 17.6 Å². The normalized spacial score (nSPS) is 12.2. The minimum atomic E-state index is -3.69. The average Bonchev–Trinajstić information content (AvgIpc) is 2.30. The van der Waals surface area contributed by atoms with Crippen molar-refractivity contribution in [3.63, 3.8) is 0 Å². The summed E-state index contributed by atoms with van der Waals surface area (Å²) < 4.78 is 53.0. The van der Waals surface area contributed by atoms with Crippen LogP contribution in [0.15, 0.2) is 6.07 Å². The summed E-state index contributed by atoms with van der Waals surface area (Å²) in [5.41, 5.74) is -0.836. The van der Waals surface area contributed by atoms with Crippen LogP contribution in [0.2, 0.25) is 0 Å². The monoisotopic (exact) mass is 232 g/mol. The van der Waals surface area contributed by atoms with Crippen molar-refractivity contribution in [3.05, 3.63) is 11.8 Å². The molecule has 3 nitrogen and oxygen atoms in total. The van der Waals surface area contributed by atoms with Crippen molar-refractivity contribution < 1.29 is 22.3 Å². The van der Waals surface area contributed by atoms with Gasteiger partial charge in [-0.05, 0) is 11.6 Å². The fraction of sp³-hybridized carbons (Fsp3) is 0.500. The van der Waals surface area contributed by atoms with E-state index in [2.05, 4.69) is 21.4 Å². The van der Waals surface area contributed by atoms with Crippen LogP contribution in [0.3, 0.4) is 0 Å². The Bertz CT molecular complexity index is 322. The Morgan fingerprint density at radius 3 is 2.50 bits per heavy atom. The maximum absolute atomic E-state index is 12.4. The summed E-state index contributed by atoms with van der Waals surface area (Å²) in [7, 11) is 1.18. The SMILES string of the molecule is Cn1nc(C(F)(F)Cl)cc1OC(F)F. The van der Waals surface area contributed by atoms with Gasteiger partial charge < -0.3 is 4.74 Å². The number of aromatic nitrogens is 2. The highest BCUT2D eigenvalue weighted by Crippen LogP contribution is 2.33. The van der Waals surface area contributed by atoms with Gasteiger partial charge in [0.15, 0.2) is 5.69 Å². The molecule has 0 saturated carbocycles. The quantitative estimate of drug-likeness (QED) is 0.591. The van der Waals surface area contributed by atoms with Crippen molar-refractivity contribution in [1.29, 1.82) is 0 Å². The Labute approximate surface area is 81.2 Å². The lowest BCUT2D eigenvalue weighted by atomic mass is 10.4. The van der Waals surface area contributed by atoms with E-state index in [0.29, 0.717) is 6.07 Å². The zero-order chi connectivity index (χ0) is 10.9. The molecule has 0 radical (unpaired) electrons. The van der Waals surface area contributed by atoms with Crippen molar-refractivity contribution in [2.45, 2.75) is 12.0 Å². The minimum Gasteiger partial charge on any atom is -0.417 e. The van der Waals surface area contributed by atoms with Crippen molar-refractivity contribution in [1.82, 2.24) is 9.78 Å². The summed E-state index contributed by atoms with van der Waals surface area (Å²) in [6, 6.07) is 0.652. The van der Waals surface area contributed by atoms with Gasteiger partial charge in [0, 0.05) is 13.1 Å². The van der Waals surface area contributed by atoms with Gasteiger partial charge in [0.2, 0.25) is 5.88 Å². The first-order chi connectivity index (χ1) is 6.30. The zero-order valence-corrected chi connectivity index (χ0v) is 7.60. The number of rotatable bonds is 3. The summed E-state index contributed by atoms with van der Waals surface area (Å²) >= 11 is 4.63. The summed E-state index contributed by atoms with van der Waals surface area (Å²) in [5, 5.41) is -0.482. The summed E-state index contributed by atoms with van der Waals surface area (Å²) in [6.45, 7) is -3.10. The fourth-order valence-corrected chi connectivity index (χ4v) is 0.883. The van der Waals surface area contributed by atoms with Crippen LogP contribution >= 0.6 is 11.6 Å². The number of alkyl halides is 5. The lowest BCUT2D eigenvalue weighted by Gasteiger charge is -2.01. The molecule has 1 aromatic heterocycles. The Kier molecular flexibility index (Phi) is 2.89. The van der Waals surface area contributed by atoms with E-state index in [1.165, 1.54) is 7.05 Å². The van der Waals surface area contributed by atoms with E-state index >= 15 is 0 Å². The molecule has 1 aromatic rings. The van der Waals surface area contributed by atoms with E-state index in [0.717, 1.165) is 4.68 Å². The second-order valence-electron chi connectivity index (χ2n) is 2.37. The molecule has 0 fully saturated rings. The van der Waals surface area contributed by atoms with Gasteiger partial charge in [-0.1, -0.05) is 0 Å². The van der Waals surface area contributed by atoms with Crippen LogP contribution in [0.4, 0.5) is 17.6 Å². The van der Waals surface area contributed by atoms with Crippen molar-refractivity contribution >= 4 is 11.6 Å². The third-order valence-corrected chi connectivity index (χ3v) is 1.53. The largest absolute Gasteiger partial charge is 0.417 e. The van der Waals surface area contributed by atoms with E-state index in [1.54, 1.807) is 0 Å². The molecule has 1 rings (SSSR count). The third kappa shape index (κ3) is 2.50. The molecule has 0 aliphatic heterocycles. The number of hydrogen-bond donors (Lipinski definition) is 0. The van der Waals surface area contributed by atoms with Crippen molar-refractivity contribution in [3.8, 4) is 5.88 Å². The summed E-state index contributed by atoms with van der Waals surface area (Å²) in [5.74, 6) is -0.477. The van der Waals surface area contributed by atoms with Gasteiger partial charge in [-0.3, -0.25) is 0 Å². The molecule has 0 spiro atoms. The first kappa shape index (κ1) is 11.1. The molecule has 0 aromatic carbocycles. The van der Waals surface area contributed by atoms with Crippen LogP contribution in [-0.4, -0.2) is 16.4 Å². The summed E-state index contributed by atoms with van der Waals surface area (Å²) in [6.07, 6.45) is 0. The molecule has 0 aliphatic carbocycles. The van der Waals surface area contributed by atoms with E-state index in [1.807, 2.05) is 0 Å². The summed E-state index contributed by atoms with van der Waals surface area (Å²) in [4.78, 5) is 0. The fourth-order valence-electron chi connectivity index (χ4n) is 0.790. The van der Waals surface area contributed by atoms with Crippen LogP contribution in [0.5, 0.6) is 5.88 Å². The van der Waals surface area contributed by atoms with Gasteiger partial charge in [0.1, 0.15) is 0 Å². The highest BCUT2D eigenvalue weighted by Gasteiger charge is 2.32. The molecular weight excluding hydrogens is 228 g/mol. The first-order valence-electron chi connectivity index (χ1n) is 3.36. The van der Waals surface area contributed by atoms with E-state index in [4.69, 9.17) is 0 Å². The lowest BCUT2D eigenvalue weighted by molar-refractivity contribution is -0.0553. The Balaban J connectivity index is 2.94. The molecule has 0 unspecified atom stereocenters. The molecule has 0 bridgehead atoms. The molecule has 0 atom stereocenters. The molecule has 0 N–H and O–H groups in total. The van der Waals surface area contributed by atoms with E-state index in [-0.39, 0.29) is 0 Å². The number of hydrogen-bond acceptors (Lipinski definition) is 2. The highest BCUT2D eigenvalue weighted by molar-refractivity contribution is 6.21. The maximum atomic E-state index is 12.4. The second kappa shape index (κ2) is 3.64. The molecule has 0 saturated heterocycles. The molecular formula is C6H5ClF4N2O. The molecule has 1 heterocycles. The first-order valence-corrected chi connectivity index (χ1v) is 3.74. The van der Waals surface area contributed by atoms with Crippen LogP contribution in [0, 0.1) is 0 Å². The van der Waals surface area contributed by atoms with Crippen molar-refractivity contribution in [2.24, 2.45) is 7.05 Å². The van der Waals surface area contributed by atoms with Gasteiger partial charge in [-0.15, -0.1) is 0 Å².